The second-order valence-corrected chi connectivity index (χ2v) is 9.56. The standard InChI is InChI=1S/C28H27ClN4O4/c1-28(2,37-24-11-7-20(8-12-24)25(34)19-5-9-22(29)10-6-19)27(36)33-16-13-23(14-17-33)31-32-26(35)21-4-3-15-30-18-21/h3-12,15,18H,13-14,16-17H2,1-2H3,(H,32,35). The molecule has 3 aromatic rings. The highest BCUT2D eigenvalue weighted by molar-refractivity contribution is 6.30. The summed E-state index contributed by atoms with van der Waals surface area (Å²) in [7, 11) is 0. The van der Waals surface area contributed by atoms with Crippen molar-refractivity contribution in [1.29, 1.82) is 0 Å². The Labute approximate surface area is 220 Å². The molecule has 2 heterocycles. The Morgan fingerprint density at radius 2 is 1.57 bits per heavy atom. The van der Waals surface area contributed by atoms with Crippen molar-refractivity contribution in [1.82, 2.24) is 15.3 Å². The van der Waals surface area contributed by atoms with Gasteiger partial charge in [-0.25, -0.2) is 5.43 Å². The Morgan fingerprint density at radius 3 is 2.16 bits per heavy atom. The normalized spacial score (nSPS) is 13.6. The third kappa shape index (κ3) is 6.59. The molecule has 1 fully saturated rings. The van der Waals surface area contributed by atoms with E-state index < -0.39 is 5.60 Å². The topological polar surface area (TPSA) is 101 Å². The molecule has 9 heteroatoms. The summed E-state index contributed by atoms with van der Waals surface area (Å²) >= 11 is 5.90. The fourth-order valence-corrected chi connectivity index (χ4v) is 4.06. The summed E-state index contributed by atoms with van der Waals surface area (Å²) in [5.41, 5.74) is 3.75. The number of hydrazone groups is 1. The van der Waals surface area contributed by atoms with Crippen molar-refractivity contribution < 1.29 is 19.1 Å². The molecule has 0 saturated carbocycles. The molecule has 0 radical (unpaired) electrons. The van der Waals surface area contributed by atoms with E-state index in [1.54, 1.807) is 85.6 Å². The molecule has 2 amide bonds. The Kier molecular flexibility index (Phi) is 7.98. The van der Waals surface area contributed by atoms with Crippen molar-refractivity contribution >= 4 is 34.9 Å². The fourth-order valence-electron chi connectivity index (χ4n) is 3.93. The summed E-state index contributed by atoms with van der Waals surface area (Å²) < 4.78 is 6.01. The lowest BCUT2D eigenvalue weighted by atomic mass is 10.0. The van der Waals surface area contributed by atoms with Gasteiger partial charge in [0.1, 0.15) is 5.75 Å². The van der Waals surface area contributed by atoms with E-state index in [9.17, 15) is 14.4 Å². The van der Waals surface area contributed by atoms with Gasteiger partial charge < -0.3 is 9.64 Å². The van der Waals surface area contributed by atoms with Crippen LogP contribution in [-0.2, 0) is 4.79 Å². The van der Waals surface area contributed by atoms with Crippen LogP contribution >= 0.6 is 11.6 Å². The molecule has 4 rings (SSSR count). The quantitative estimate of drug-likeness (QED) is 0.366. The predicted molar refractivity (Wildman–Crippen MR) is 141 cm³/mol. The molecule has 1 aliphatic heterocycles. The second kappa shape index (κ2) is 11.3. The molecule has 1 saturated heterocycles. The molecule has 1 aromatic heterocycles. The van der Waals surface area contributed by atoms with Gasteiger partial charge in [0.25, 0.3) is 11.8 Å². The van der Waals surface area contributed by atoms with Gasteiger partial charge in [-0.1, -0.05) is 11.6 Å². The number of nitrogens with one attached hydrogen (secondary N) is 1. The summed E-state index contributed by atoms with van der Waals surface area (Å²) in [4.78, 5) is 43.7. The summed E-state index contributed by atoms with van der Waals surface area (Å²) in [5, 5.41) is 4.78. The van der Waals surface area contributed by atoms with Gasteiger partial charge in [-0.3, -0.25) is 19.4 Å². The number of amides is 2. The average molecular weight is 519 g/mol. The van der Waals surface area contributed by atoms with Gasteiger partial charge in [-0.2, -0.15) is 5.10 Å². The minimum absolute atomic E-state index is 0.124. The summed E-state index contributed by atoms with van der Waals surface area (Å²) in [6.45, 7) is 4.39. The van der Waals surface area contributed by atoms with E-state index in [0.29, 0.717) is 53.4 Å². The van der Waals surface area contributed by atoms with Crippen LogP contribution in [0.25, 0.3) is 0 Å². The molecule has 0 aliphatic carbocycles. The smallest absolute Gasteiger partial charge is 0.272 e. The van der Waals surface area contributed by atoms with E-state index in [-0.39, 0.29) is 17.6 Å². The highest BCUT2D eigenvalue weighted by Gasteiger charge is 2.35. The fraction of sp³-hybridized carbons (Fsp3) is 0.250. The van der Waals surface area contributed by atoms with E-state index in [1.165, 1.54) is 6.20 Å². The number of carbonyl (C=O) groups is 3. The number of aromatic nitrogens is 1. The zero-order valence-electron chi connectivity index (χ0n) is 20.6. The van der Waals surface area contributed by atoms with E-state index in [1.807, 2.05) is 0 Å². The number of nitrogens with zero attached hydrogens (tertiary/aromatic N) is 3. The van der Waals surface area contributed by atoms with E-state index >= 15 is 0 Å². The van der Waals surface area contributed by atoms with Gasteiger partial charge in [0.05, 0.1) is 5.56 Å². The van der Waals surface area contributed by atoms with Crippen molar-refractivity contribution in [3.8, 4) is 5.75 Å². The first-order valence-electron chi connectivity index (χ1n) is 11.9. The number of likely N-dealkylation sites (tertiary alicyclic amines) is 1. The highest BCUT2D eigenvalue weighted by atomic mass is 35.5. The van der Waals surface area contributed by atoms with Crippen LogP contribution in [0.2, 0.25) is 5.02 Å². The van der Waals surface area contributed by atoms with Crippen LogP contribution in [0, 0.1) is 0 Å². The number of pyridine rings is 1. The number of ether oxygens (including phenoxy) is 1. The van der Waals surface area contributed by atoms with Crippen molar-refractivity contribution in [3.05, 3.63) is 94.8 Å². The number of halogens is 1. The number of ketones is 1. The Hall–Kier alpha value is -4.04. The Bertz CT molecular complexity index is 1300. The van der Waals surface area contributed by atoms with Gasteiger partial charge in [0.2, 0.25) is 0 Å². The Balaban J connectivity index is 1.31. The average Bonchev–Trinajstić information content (AvgIpc) is 2.92. The summed E-state index contributed by atoms with van der Waals surface area (Å²) in [6.07, 6.45) is 4.18. The molecule has 37 heavy (non-hydrogen) atoms. The van der Waals surface area contributed by atoms with Crippen LogP contribution in [0.3, 0.4) is 0 Å². The maximum absolute atomic E-state index is 13.2. The first-order valence-corrected chi connectivity index (χ1v) is 12.3. The SMILES string of the molecule is CC(C)(Oc1ccc(C(=O)c2ccc(Cl)cc2)cc1)C(=O)N1CCC(=NNC(=O)c2cccnc2)CC1. The van der Waals surface area contributed by atoms with Gasteiger partial charge in [0.15, 0.2) is 11.4 Å². The lowest BCUT2D eigenvalue weighted by Crippen LogP contribution is -2.51. The van der Waals surface area contributed by atoms with Crippen LogP contribution in [0.5, 0.6) is 5.75 Å². The van der Waals surface area contributed by atoms with Crippen LogP contribution in [0.1, 0.15) is 53.0 Å². The number of piperidine rings is 1. The largest absolute Gasteiger partial charge is 0.478 e. The minimum atomic E-state index is -1.11. The predicted octanol–water partition coefficient (Wildman–Crippen LogP) is 4.53. The van der Waals surface area contributed by atoms with Crippen LogP contribution in [-0.4, -0.2) is 51.9 Å². The monoisotopic (exact) mass is 518 g/mol. The number of benzene rings is 2. The minimum Gasteiger partial charge on any atom is -0.478 e. The van der Waals surface area contributed by atoms with E-state index in [0.717, 1.165) is 5.71 Å². The van der Waals surface area contributed by atoms with Crippen molar-refractivity contribution in [2.45, 2.75) is 32.3 Å². The van der Waals surface area contributed by atoms with Gasteiger partial charge in [-0.15, -0.1) is 0 Å². The highest BCUT2D eigenvalue weighted by Crippen LogP contribution is 2.23. The number of carbonyl (C=O) groups excluding carboxylic acids is 3. The number of rotatable bonds is 7. The molecular formula is C28H27ClN4O4. The molecule has 0 bridgehead atoms. The molecule has 0 spiro atoms. The van der Waals surface area contributed by atoms with E-state index in [2.05, 4.69) is 15.5 Å². The molecule has 2 aromatic carbocycles. The molecule has 0 atom stereocenters. The van der Waals surface area contributed by atoms with Crippen LogP contribution in [0.4, 0.5) is 0 Å². The van der Waals surface area contributed by atoms with Crippen molar-refractivity contribution in [2.24, 2.45) is 5.10 Å². The molecule has 0 unspecified atom stereocenters. The molecule has 1 N–H and O–H groups in total. The third-order valence-corrected chi connectivity index (χ3v) is 6.23. The zero-order chi connectivity index (χ0) is 26.4. The van der Waals surface area contributed by atoms with Crippen LogP contribution in [0.15, 0.2) is 78.2 Å². The zero-order valence-corrected chi connectivity index (χ0v) is 21.4. The van der Waals surface area contributed by atoms with Gasteiger partial charge in [-0.05, 0) is 74.5 Å². The molecule has 1 aliphatic rings. The maximum Gasteiger partial charge on any atom is 0.272 e. The van der Waals surface area contributed by atoms with Gasteiger partial charge >= 0.3 is 0 Å². The lowest BCUT2D eigenvalue weighted by Gasteiger charge is -2.34. The summed E-state index contributed by atoms with van der Waals surface area (Å²) in [6, 6.07) is 16.8. The van der Waals surface area contributed by atoms with E-state index in [4.69, 9.17) is 16.3 Å². The number of hydrogen-bond donors (Lipinski definition) is 1. The second-order valence-electron chi connectivity index (χ2n) is 9.13. The molecule has 190 valence electrons. The lowest BCUT2D eigenvalue weighted by molar-refractivity contribution is -0.145. The van der Waals surface area contributed by atoms with Crippen LogP contribution < -0.4 is 10.2 Å². The van der Waals surface area contributed by atoms with Crippen molar-refractivity contribution in [2.75, 3.05) is 13.1 Å². The van der Waals surface area contributed by atoms with Gasteiger partial charge in [0, 0.05) is 60.2 Å². The third-order valence-electron chi connectivity index (χ3n) is 5.98. The first-order chi connectivity index (χ1) is 17.7. The maximum atomic E-state index is 13.2. The Morgan fingerprint density at radius 1 is 0.946 bits per heavy atom. The molecular weight excluding hydrogens is 492 g/mol. The first kappa shape index (κ1) is 26.0. The molecule has 8 nitrogen and oxygen atoms in total. The number of hydrogen-bond acceptors (Lipinski definition) is 6. The van der Waals surface area contributed by atoms with Crippen molar-refractivity contribution in [3.63, 3.8) is 0 Å². The summed E-state index contributed by atoms with van der Waals surface area (Å²) in [5.74, 6) is -0.105.